The minimum atomic E-state index is -0.255. The van der Waals surface area contributed by atoms with E-state index in [0.717, 1.165) is 24.3 Å². The van der Waals surface area contributed by atoms with E-state index in [2.05, 4.69) is 27.5 Å². The molecule has 6 heteroatoms. The fourth-order valence-electron chi connectivity index (χ4n) is 2.35. The first-order valence-corrected chi connectivity index (χ1v) is 8.88. The molecule has 1 heterocycles. The van der Waals surface area contributed by atoms with Crippen molar-refractivity contribution in [1.82, 2.24) is 9.97 Å². The zero-order chi connectivity index (χ0) is 18.9. The van der Waals surface area contributed by atoms with Crippen molar-refractivity contribution in [2.24, 2.45) is 0 Å². The molecule has 3 aromatic rings. The summed E-state index contributed by atoms with van der Waals surface area (Å²) < 4.78 is 5.74. The third-order valence-electron chi connectivity index (χ3n) is 3.81. The van der Waals surface area contributed by atoms with Crippen LogP contribution < -0.4 is 15.4 Å². The molecule has 138 valence electrons. The van der Waals surface area contributed by atoms with Crippen molar-refractivity contribution in [2.45, 2.75) is 20.0 Å². The second-order valence-corrected chi connectivity index (χ2v) is 5.97. The molecule has 0 saturated heterocycles. The van der Waals surface area contributed by atoms with Gasteiger partial charge in [0.2, 0.25) is 5.95 Å². The van der Waals surface area contributed by atoms with Gasteiger partial charge in [0.05, 0.1) is 5.56 Å². The SMILES string of the molecule is CCCNc1ncc(C(=O)Nc2ccc(OCc3ccccc3)cc2)cn1. The number of aromatic nitrogens is 2. The smallest absolute Gasteiger partial charge is 0.258 e. The van der Waals surface area contributed by atoms with Crippen molar-refractivity contribution < 1.29 is 9.53 Å². The third kappa shape index (κ3) is 5.54. The molecule has 1 amide bonds. The average molecular weight is 362 g/mol. The second-order valence-electron chi connectivity index (χ2n) is 5.97. The lowest BCUT2D eigenvalue weighted by molar-refractivity contribution is 0.102. The van der Waals surface area contributed by atoms with Crippen molar-refractivity contribution in [3.05, 3.63) is 78.1 Å². The largest absolute Gasteiger partial charge is 0.489 e. The fourth-order valence-corrected chi connectivity index (χ4v) is 2.35. The highest BCUT2D eigenvalue weighted by Crippen LogP contribution is 2.17. The average Bonchev–Trinajstić information content (AvgIpc) is 2.73. The minimum Gasteiger partial charge on any atom is -0.489 e. The Morgan fingerprint density at radius 1 is 1.00 bits per heavy atom. The Labute approximate surface area is 158 Å². The lowest BCUT2D eigenvalue weighted by Crippen LogP contribution is -2.13. The molecule has 0 atom stereocenters. The summed E-state index contributed by atoms with van der Waals surface area (Å²) in [6.07, 6.45) is 4.01. The number of hydrogen-bond donors (Lipinski definition) is 2. The van der Waals surface area contributed by atoms with Gasteiger partial charge in [0.15, 0.2) is 0 Å². The number of nitrogens with zero attached hydrogens (tertiary/aromatic N) is 2. The molecule has 0 aliphatic heterocycles. The number of rotatable bonds is 8. The highest BCUT2D eigenvalue weighted by atomic mass is 16.5. The van der Waals surface area contributed by atoms with Gasteiger partial charge in [-0.2, -0.15) is 0 Å². The number of ether oxygens (including phenoxy) is 1. The number of hydrogen-bond acceptors (Lipinski definition) is 5. The Balaban J connectivity index is 1.53. The van der Waals surface area contributed by atoms with Crippen LogP contribution in [0.4, 0.5) is 11.6 Å². The molecule has 3 rings (SSSR count). The summed E-state index contributed by atoms with van der Waals surface area (Å²) in [6.45, 7) is 3.36. The van der Waals surface area contributed by atoms with Gasteiger partial charge in [-0.1, -0.05) is 37.3 Å². The Morgan fingerprint density at radius 2 is 1.70 bits per heavy atom. The Kier molecular flexibility index (Phi) is 6.35. The zero-order valence-corrected chi connectivity index (χ0v) is 15.2. The van der Waals surface area contributed by atoms with Gasteiger partial charge in [0.1, 0.15) is 12.4 Å². The van der Waals surface area contributed by atoms with E-state index in [-0.39, 0.29) is 5.91 Å². The maximum absolute atomic E-state index is 12.3. The number of carbonyl (C=O) groups is 1. The number of benzene rings is 2. The molecule has 2 N–H and O–H groups in total. The van der Waals surface area contributed by atoms with Gasteiger partial charge < -0.3 is 15.4 Å². The van der Waals surface area contributed by atoms with Crippen LogP contribution in [0.2, 0.25) is 0 Å². The van der Waals surface area contributed by atoms with Crippen LogP contribution in [0, 0.1) is 0 Å². The quantitative estimate of drug-likeness (QED) is 0.630. The van der Waals surface area contributed by atoms with Gasteiger partial charge in [0.25, 0.3) is 5.91 Å². The molecule has 0 saturated carbocycles. The lowest BCUT2D eigenvalue weighted by Gasteiger charge is -2.09. The summed E-state index contributed by atoms with van der Waals surface area (Å²) in [5.41, 5.74) is 2.19. The summed E-state index contributed by atoms with van der Waals surface area (Å²) in [6, 6.07) is 17.2. The maximum Gasteiger partial charge on any atom is 0.258 e. The first-order chi connectivity index (χ1) is 13.2. The summed E-state index contributed by atoms with van der Waals surface area (Å²) >= 11 is 0. The number of anilines is 2. The molecule has 6 nitrogen and oxygen atoms in total. The normalized spacial score (nSPS) is 10.3. The maximum atomic E-state index is 12.3. The van der Waals surface area contributed by atoms with E-state index in [4.69, 9.17) is 4.74 Å². The fraction of sp³-hybridized carbons (Fsp3) is 0.190. The van der Waals surface area contributed by atoms with Crippen LogP contribution in [0.3, 0.4) is 0 Å². The molecule has 0 unspecified atom stereocenters. The zero-order valence-electron chi connectivity index (χ0n) is 15.2. The van der Waals surface area contributed by atoms with Gasteiger partial charge in [-0.05, 0) is 36.2 Å². The molecule has 1 aromatic heterocycles. The molecule has 0 aliphatic rings. The van der Waals surface area contributed by atoms with Crippen molar-refractivity contribution in [3.8, 4) is 5.75 Å². The summed E-state index contributed by atoms with van der Waals surface area (Å²) in [4.78, 5) is 20.6. The van der Waals surface area contributed by atoms with Crippen LogP contribution in [0.25, 0.3) is 0 Å². The van der Waals surface area contributed by atoms with Crippen LogP contribution in [0.1, 0.15) is 29.3 Å². The van der Waals surface area contributed by atoms with Gasteiger partial charge in [-0.15, -0.1) is 0 Å². The van der Waals surface area contributed by atoms with Gasteiger partial charge in [-0.25, -0.2) is 9.97 Å². The molecular weight excluding hydrogens is 340 g/mol. The monoisotopic (exact) mass is 362 g/mol. The number of carbonyl (C=O) groups excluding carboxylic acids is 1. The number of amides is 1. The summed E-state index contributed by atoms with van der Waals surface area (Å²) in [5, 5.41) is 5.90. The molecular formula is C21H22N4O2. The van der Waals surface area contributed by atoms with E-state index in [1.165, 1.54) is 12.4 Å². The lowest BCUT2D eigenvalue weighted by atomic mass is 10.2. The minimum absolute atomic E-state index is 0.255. The first-order valence-electron chi connectivity index (χ1n) is 8.88. The standard InChI is InChI=1S/C21H22N4O2/c1-2-12-22-21-23-13-17(14-24-21)20(26)25-18-8-10-19(11-9-18)27-15-16-6-4-3-5-7-16/h3-11,13-14H,2,12,15H2,1H3,(H,25,26)(H,22,23,24). The molecule has 0 aliphatic carbocycles. The molecule has 0 bridgehead atoms. The molecule has 0 fully saturated rings. The van der Waals surface area contributed by atoms with Crippen molar-refractivity contribution in [1.29, 1.82) is 0 Å². The van der Waals surface area contributed by atoms with E-state index in [0.29, 0.717) is 23.8 Å². The van der Waals surface area contributed by atoms with Crippen LogP contribution >= 0.6 is 0 Å². The van der Waals surface area contributed by atoms with Gasteiger partial charge in [0, 0.05) is 24.6 Å². The predicted molar refractivity (Wildman–Crippen MR) is 106 cm³/mol. The molecule has 0 radical (unpaired) electrons. The Bertz CT molecular complexity index is 850. The summed E-state index contributed by atoms with van der Waals surface area (Å²) in [7, 11) is 0. The van der Waals surface area contributed by atoms with E-state index in [1.54, 1.807) is 12.1 Å². The summed E-state index contributed by atoms with van der Waals surface area (Å²) in [5.74, 6) is 1.01. The van der Waals surface area contributed by atoms with E-state index in [9.17, 15) is 4.79 Å². The van der Waals surface area contributed by atoms with Crippen LogP contribution in [-0.4, -0.2) is 22.4 Å². The van der Waals surface area contributed by atoms with Crippen molar-refractivity contribution >= 4 is 17.5 Å². The molecule has 0 spiro atoms. The predicted octanol–water partition coefficient (Wildman–Crippen LogP) is 4.13. The molecule has 2 aromatic carbocycles. The third-order valence-corrected chi connectivity index (χ3v) is 3.81. The second kappa shape index (κ2) is 9.33. The van der Waals surface area contributed by atoms with Gasteiger partial charge >= 0.3 is 0 Å². The van der Waals surface area contributed by atoms with Crippen molar-refractivity contribution in [3.63, 3.8) is 0 Å². The van der Waals surface area contributed by atoms with Crippen molar-refractivity contribution in [2.75, 3.05) is 17.2 Å². The van der Waals surface area contributed by atoms with Crippen LogP contribution in [0.5, 0.6) is 5.75 Å². The highest BCUT2D eigenvalue weighted by molar-refractivity contribution is 6.03. The number of nitrogens with one attached hydrogen (secondary N) is 2. The topological polar surface area (TPSA) is 76.1 Å². The van der Waals surface area contributed by atoms with E-state index >= 15 is 0 Å². The Hall–Kier alpha value is -3.41. The van der Waals surface area contributed by atoms with Crippen LogP contribution in [-0.2, 0) is 6.61 Å². The Morgan fingerprint density at radius 3 is 2.37 bits per heavy atom. The van der Waals surface area contributed by atoms with E-state index < -0.39 is 0 Å². The highest BCUT2D eigenvalue weighted by Gasteiger charge is 2.08. The van der Waals surface area contributed by atoms with Crippen LogP contribution in [0.15, 0.2) is 67.0 Å². The van der Waals surface area contributed by atoms with Gasteiger partial charge in [-0.3, -0.25) is 4.79 Å². The van der Waals surface area contributed by atoms with E-state index in [1.807, 2.05) is 42.5 Å². The molecule has 27 heavy (non-hydrogen) atoms. The first kappa shape index (κ1) is 18.4.